The van der Waals surface area contributed by atoms with E-state index in [1.165, 1.54) is 11.1 Å². The van der Waals surface area contributed by atoms with Crippen LogP contribution in [0.25, 0.3) is 0 Å². The molecular formula is C13H17N3. The second-order valence-electron chi connectivity index (χ2n) is 4.11. The Hall–Kier alpha value is -1.61. The molecule has 2 rings (SSSR count). The molecule has 0 aliphatic heterocycles. The van der Waals surface area contributed by atoms with E-state index in [9.17, 15) is 0 Å². The first kappa shape index (κ1) is 10.9. The molecule has 0 unspecified atom stereocenters. The number of benzene rings is 1. The van der Waals surface area contributed by atoms with Gasteiger partial charge in [-0.05, 0) is 19.4 Å². The van der Waals surface area contributed by atoms with E-state index in [0.29, 0.717) is 0 Å². The molecule has 16 heavy (non-hydrogen) atoms. The Kier molecular flexibility index (Phi) is 3.37. The lowest BCUT2D eigenvalue weighted by molar-refractivity contribution is 0.668. The molecule has 1 heterocycles. The van der Waals surface area contributed by atoms with Crippen molar-refractivity contribution in [3.63, 3.8) is 0 Å². The number of H-pyrrole nitrogens is 1. The van der Waals surface area contributed by atoms with Gasteiger partial charge in [-0.25, -0.2) is 4.98 Å². The van der Waals surface area contributed by atoms with Crippen LogP contribution < -0.4 is 5.32 Å². The number of aryl methyl sites for hydroxylation is 2. The number of nitrogens with one attached hydrogen (secondary N) is 2. The number of imidazole rings is 1. The molecule has 0 saturated carbocycles. The van der Waals surface area contributed by atoms with E-state index in [-0.39, 0.29) is 0 Å². The summed E-state index contributed by atoms with van der Waals surface area (Å²) in [5.74, 6) is 0.991. The van der Waals surface area contributed by atoms with Crippen LogP contribution >= 0.6 is 0 Å². The Balaban J connectivity index is 1.84. The molecule has 0 fully saturated rings. The molecule has 0 aliphatic rings. The zero-order chi connectivity index (χ0) is 11.4. The summed E-state index contributed by atoms with van der Waals surface area (Å²) in [6.07, 6.45) is 1.85. The fourth-order valence-corrected chi connectivity index (χ4v) is 1.70. The van der Waals surface area contributed by atoms with Crippen LogP contribution in [0.3, 0.4) is 0 Å². The van der Waals surface area contributed by atoms with E-state index >= 15 is 0 Å². The fraction of sp³-hybridized carbons (Fsp3) is 0.308. The highest BCUT2D eigenvalue weighted by Gasteiger charge is 1.97. The molecule has 0 radical (unpaired) electrons. The van der Waals surface area contributed by atoms with Crippen LogP contribution in [0, 0.1) is 13.8 Å². The second kappa shape index (κ2) is 4.94. The Bertz CT molecular complexity index is 460. The monoisotopic (exact) mass is 215 g/mol. The predicted octanol–water partition coefficient (Wildman–Crippen LogP) is 2.32. The summed E-state index contributed by atoms with van der Waals surface area (Å²) in [7, 11) is 0. The first-order valence-electron chi connectivity index (χ1n) is 5.51. The van der Waals surface area contributed by atoms with Gasteiger partial charge in [0.15, 0.2) is 0 Å². The lowest BCUT2D eigenvalue weighted by atomic mass is 10.1. The Morgan fingerprint density at radius 1 is 1.25 bits per heavy atom. The first-order chi connectivity index (χ1) is 7.74. The van der Waals surface area contributed by atoms with Crippen LogP contribution in [0.1, 0.15) is 22.6 Å². The third-order valence-electron chi connectivity index (χ3n) is 2.46. The van der Waals surface area contributed by atoms with Gasteiger partial charge >= 0.3 is 0 Å². The third-order valence-corrected chi connectivity index (χ3v) is 2.46. The zero-order valence-corrected chi connectivity index (χ0v) is 9.75. The van der Waals surface area contributed by atoms with E-state index < -0.39 is 0 Å². The highest BCUT2D eigenvalue weighted by Crippen LogP contribution is 2.03. The second-order valence-corrected chi connectivity index (χ2v) is 4.11. The topological polar surface area (TPSA) is 40.7 Å². The van der Waals surface area contributed by atoms with E-state index in [2.05, 4.69) is 46.5 Å². The summed E-state index contributed by atoms with van der Waals surface area (Å²) >= 11 is 0. The van der Waals surface area contributed by atoms with Gasteiger partial charge < -0.3 is 10.3 Å². The van der Waals surface area contributed by atoms with Gasteiger partial charge in [0, 0.05) is 18.4 Å². The van der Waals surface area contributed by atoms with Crippen LogP contribution in [0.4, 0.5) is 0 Å². The Morgan fingerprint density at radius 2 is 2.12 bits per heavy atom. The maximum Gasteiger partial charge on any atom is 0.120 e. The van der Waals surface area contributed by atoms with Gasteiger partial charge in [0.25, 0.3) is 0 Å². The van der Waals surface area contributed by atoms with Crippen molar-refractivity contribution in [2.24, 2.45) is 0 Å². The molecule has 0 atom stereocenters. The minimum Gasteiger partial charge on any atom is -0.345 e. The van der Waals surface area contributed by atoms with Gasteiger partial charge in [-0.1, -0.05) is 29.8 Å². The lowest BCUT2D eigenvalue weighted by Crippen LogP contribution is -2.13. The maximum atomic E-state index is 4.25. The summed E-state index contributed by atoms with van der Waals surface area (Å²) in [6, 6.07) is 8.52. The van der Waals surface area contributed by atoms with Crippen molar-refractivity contribution in [3.05, 3.63) is 53.1 Å². The molecule has 1 aromatic carbocycles. The summed E-state index contributed by atoms with van der Waals surface area (Å²) in [4.78, 5) is 7.45. The molecular weight excluding hydrogens is 198 g/mol. The maximum absolute atomic E-state index is 4.25. The molecule has 0 saturated heterocycles. The first-order valence-corrected chi connectivity index (χ1v) is 5.51. The van der Waals surface area contributed by atoms with Crippen LogP contribution in [-0.4, -0.2) is 9.97 Å². The minimum absolute atomic E-state index is 0.780. The quantitative estimate of drug-likeness (QED) is 0.821. The number of rotatable bonds is 4. The van der Waals surface area contributed by atoms with Crippen molar-refractivity contribution < 1.29 is 0 Å². The average molecular weight is 215 g/mol. The van der Waals surface area contributed by atoms with Crippen LogP contribution in [0.15, 0.2) is 30.5 Å². The fourth-order valence-electron chi connectivity index (χ4n) is 1.70. The Morgan fingerprint density at radius 3 is 2.81 bits per heavy atom. The van der Waals surface area contributed by atoms with Gasteiger partial charge in [0.05, 0.1) is 6.54 Å². The Labute approximate surface area is 95.9 Å². The van der Waals surface area contributed by atoms with Crippen molar-refractivity contribution in [2.75, 3.05) is 0 Å². The van der Waals surface area contributed by atoms with E-state index in [1.807, 2.05) is 13.1 Å². The van der Waals surface area contributed by atoms with Crippen molar-refractivity contribution in [1.29, 1.82) is 0 Å². The zero-order valence-electron chi connectivity index (χ0n) is 9.75. The summed E-state index contributed by atoms with van der Waals surface area (Å²) in [6.45, 7) is 5.78. The summed E-state index contributed by atoms with van der Waals surface area (Å²) in [5.41, 5.74) is 3.71. The molecule has 84 valence electrons. The molecule has 1 aromatic heterocycles. The highest BCUT2D eigenvalue weighted by atomic mass is 15.0. The van der Waals surface area contributed by atoms with Crippen molar-refractivity contribution >= 4 is 0 Å². The average Bonchev–Trinajstić information content (AvgIpc) is 2.64. The number of nitrogens with zero attached hydrogens (tertiary/aromatic N) is 1. The predicted molar refractivity (Wildman–Crippen MR) is 65.0 cm³/mol. The molecule has 3 heteroatoms. The largest absolute Gasteiger partial charge is 0.345 e. The van der Waals surface area contributed by atoms with Gasteiger partial charge in [-0.15, -0.1) is 0 Å². The van der Waals surface area contributed by atoms with Gasteiger partial charge in [0.2, 0.25) is 0 Å². The summed E-state index contributed by atoms with van der Waals surface area (Å²) < 4.78 is 0. The smallest absolute Gasteiger partial charge is 0.120 e. The van der Waals surface area contributed by atoms with E-state index in [0.717, 1.165) is 24.6 Å². The minimum atomic E-state index is 0.780. The van der Waals surface area contributed by atoms with Crippen molar-refractivity contribution in [1.82, 2.24) is 15.3 Å². The number of aromatic amines is 1. The molecule has 2 aromatic rings. The van der Waals surface area contributed by atoms with Gasteiger partial charge in [-0.2, -0.15) is 0 Å². The van der Waals surface area contributed by atoms with Crippen LogP contribution in [0.2, 0.25) is 0 Å². The van der Waals surface area contributed by atoms with E-state index in [4.69, 9.17) is 0 Å². The standard InChI is InChI=1S/C13H17N3/c1-10-4-3-5-12(6-10)8-14-9-13-15-7-11(2)16-13/h3-7,14H,8-9H2,1-2H3,(H,15,16). The molecule has 2 N–H and O–H groups in total. The molecule has 0 aliphatic carbocycles. The number of aromatic nitrogens is 2. The van der Waals surface area contributed by atoms with Gasteiger partial charge in [0.1, 0.15) is 5.82 Å². The number of hydrogen-bond acceptors (Lipinski definition) is 2. The highest BCUT2D eigenvalue weighted by molar-refractivity contribution is 5.21. The SMILES string of the molecule is Cc1cccc(CNCc2ncc(C)[nH]2)c1. The molecule has 0 spiro atoms. The van der Waals surface area contributed by atoms with Crippen molar-refractivity contribution in [3.8, 4) is 0 Å². The van der Waals surface area contributed by atoms with Crippen LogP contribution in [-0.2, 0) is 13.1 Å². The van der Waals surface area contributed by atoms with E-state index in [1.54, 1.807) is 0 Å². The molecule has 0 amide bonds. The number of hydrogen-bond donors (Lipinski definition) is 2. The molecule has 3 nitrogen and oxygen atoms in total. The summed E-state index contributed by atoms with van der Waals surface area (Å²) in [5, 5.41) is 3.36. The van der Waals surface area contributed by atoms with Crippen molar-refractivity contribution in [2.45, 2.75) is 26.9 Å². The normalized spacial score (nSPS) is 10.6. The third kappa shape index (κ3) is 2.94. The molecule has 0 bridgehead atoms. The van der Waals surface area contributed by atoms with Crippen LogP contribution in [0.5, 0.6) is 0 Å². The van der Waals surface area contributed by atoms with Gasteiger partial charge in [-0.3, -0.25) is 0 Å². The lowest BCUT2D eigenvalue weighted by Gasteiger charge is -2.03.